The van der Waals surface area contributed by atoms with Gasteiger partial charge in [-0.05, 0) is 53.1 Å². The molecule has 0 aliphatic carbocycles. The van der Waals surface area contributed by atoms with Crippen LogP contribution in [0.2, 0.25) is 0 Å². The third-order valence-electron chi connectivity index (χ3n) is 4.26. The van der Waals surface area contributed by atoms with Gasteiger partial charge in [-0.2, -0.15) is 0 Å². The Balaban J connectivity index is 1.66. The highest BCUT2D eigenvalue weighted by Gasteiger charge is 2.26. The van der Waals surface area contributed by atoms with Crippen LogP contribution in [-0.4, -0.2) is 61.3 Å². The number of nitrogens with zero attached hydrogens (tertiary/aromatic N) is 3. The van der Waals surface area contributed by atoms with Gasteiger partial charge < -0.3 is 19.6 Å². The summed E-state index contributed by atoms with van der Waals surface area (Å²) in [5.41, 5.74) is 2.12. The molecule has 0 unspecified atom stereocenters. The van der Waals surface area contributed by atoms with Gasteiger partial charge in [-0.1, -0.05) is 5.16 Å². The summed E-state index contributed by atoms with van der Waals surface area (Å²) in [6.45, 7) is 7.37. The van der Waals surface area contributed by atoms with Crippen LogP contribution in [0.25, 0.3) is 0 Å². The average molecular weight is 308 g/mol. The maximum Gasteiger partial charge on any atom is 0.317 e. The first-order valence-corrected chi connectivity index (χ1v) is 8.06. The molecule has 1 aromatic heterocycles. The van der Waals surface area contributed by atoms with E-state index in [2.05, 4.69) is 29.5 Å². The summed E-state index contributed by atoms with van der Waals surface area (Å²) >= 11 is 0. The van der Waals surface area contributed by atoms with Gasteiger partial charge in [0.05, 0.1) is 5.69 Å². The monoisotopic (exact) mass is 308 g/mol. The van der Waals surface area contributed by atoms with Gasteiger partial charge in [-0.15, -0.1) is 0 Å². The van der Waals surface area contributed by atoms with E-state index < -0.39 is 0 Å². The first kappa shape index (κ1) is 16.8. The van der Waals surface area contributed by atoms with Crippen molar-refractivity contribution in [3.63, 3.8) is 0 Å². The van der Waals surface area contributed by atoms with Crippen LogP contribution in [0.3, 0.4) is 0 Å². The van der Waals surface area contributed by atoms with Crippen molar-refractivity contribution in [1.82, 2.24) is 20.3 Å². The molecule has 1 aliphatic heterocycles. The maximum absolute atomic E-state index is 12.1. The normalized spacial score (nSPS) is 18.2. The van der Waals surface area contributed by atoms with Crippen LogP contribution in [0.1, 0.15) is 29.9 Å². The first-order valence-electron chi connectivity index (χ1n) is 8.06. The number of hydrogen-bond acceptors (Lipinski definition) is 4. The summed E-state index contributed by atoms with van der Waals surface area (Å²) in [6, 6.07) is 0.0695. The molecule has 0 saturated carbocycles. The zero-order valence-electron chi connectivity index (χ0n) is 14.2. The van der Waals surface area contributed by atoms with Crippen molar-refractivity contribution in [3.8, 4) is 0 Å². The molecule has 22 heavy (non-hydrogen) atoms. The minimum atomic E-state index is 0.0695. The topological polar surface area (TPSA) is 61.6 Å². The number of likely N-dealkylation sites (tertiary alicyclic amines) is 1. The summed E-state index contributed by atoms with van der Waals surface area (Å²) in [6.07, 6.45) is 2.90. The van der Waals surface area contributed by atoms with Crippen LogP contribution in [0.4, 0.5) is 4.79 Å². The molecule has 0 aromatic carbocycles. The molecule has 1 aromatic rings. The molecule has 2 heterocycles. The Hall–Kier alpha value is -1.56. The van der Waals surface area contributed by atoms with Crippen molar-refractivity contribution in [2.24, 2.45) is 5.92 Å². The largest absolute Gasteiger partial charge is 0.361 e. The minimum Gasteiger partial charge on any atom is -0.361 e. The second-order valence-corrected chi connectivity index (χ2v) is 6.50. The predicted molar refractivity (Wildman–Crippen MR) is 85.9 cm³/mol. The lowest BCUT2D eigenvalue weighted by Gasteiger charge is -2.19. The smallest absolute Gasteiger partial charge is 0.317 e. The van der Waals surface area contributed by atoms with Crippen molar-refractivity contribution >= 4 is 6.03 Å². The highest BCUT2D eigenvalue weighted by atomic mass is 16.5. The van der Waals surface area contributed by atoms with Crippen molar-refractivity contribution < 1.29 is 9.32 Å². The summed E-state index contributed by atoms with van der Waals surface area (Å²) in [4.78, 5) is 16.3. The Morgan fingerprint density at radius 3 is 2.86 bits per heavy atom. The maximum atomic E-state index is 12.1. The van der Waals surface area contributed by atoms with Crippen molar-refractivity contribution in [1.29, 1.82) is 0 Å². The SMILES string of the molecule is Cc1noc(C)c1CCCNC(=O)N1CC[C@@H](CN(C)C)C1. The Labute approximate surface area is 132 Å². The number of amides is 2. The molecule has 0 bridgehead atoms. The van der Waals surface area contributed by atoms with Crippen LogP contribution >= 0.6 is 0 Å². The predicted octanol–water partition coefficient (Wildman–Crippen LogP) is 1.82. The van der Waals surface area contributed by atoms with Crippen LogP contribution in [-0.2, 0) is 6.42 Å². The lowest BCUT2D eigenvalue weighted by atomic mass is 10.1. The molecule has 6 heteroatoms. The molecule has 6 nitrogen and oxygen atoms in total. The molecular formula is C16H28N4O2. The van der Waals surface area contributed by atoms with E-state index in [1.54, 1.807) is 0 Å². The van der Waals surface area contributed by atoms with Gasteiger partial charge >= 0.3 is 6.03 Å². The lowest BCUT2D eigenvalue weighted by molar-refractivity contribution is 0.205. The van der Waals surface area contributed by atoms with E-state index in [0.29, 0.717) is 12.5 Å². The zero-order valence-corrected chi connectivity index (χ0v) is 14.2. The van der Waals surface area contributed by atoms with Crippen LogP contribution in [0.15, 0.2) is 4.52 Å². The first-order chi connectivity index (χ1) is 10.5. The summed E-state index contributed by atoms with van der Waals surface area (Å²) in [5, 5.41) is 6.97. The second-order valence-electron chi connectivity index (χ2n) is 6.50. The van der Waals surface area contributed by atoms with E-state index >= 15 is 0 Å². The summed E-state index contributed by atoms with van der Waals surface area (Å²) in [7, 11) is 4.16. The molecule has 2 amide bonds. The summed E-state index contributed by atoms with van der Waals surface area (Å²) < 4.78 is 5.15. The number of aryl methyl sites for hydroxylation is 2. The Morgan fingerprint density at radius 2 is 2.23 bits per heavy atom. The van der Waals surface area contributed by atoms with Gasteiger partial charge in [0.15, 0.2) is 0 Å². The Kier molecular flexibility index (Phi) is 5.83. The van der Waals surface area contributed by atoms with Gasteiger partial charge in [-0.3, -0.25) is 0 Å². The molecule has 1 atom stereocenters. The van der Waals surface area contributed by atoms with Crippen molar-refractivity contribution in [2.45, 2.75) is 33.1 Å². The number of nitrogens with one attached hydrogen (secondary N) is 1. The van der Waals surface area contributed by atoms with Gasteiger partial charge in [0.2, 0.25) is 0 Å². The highest BCUT2D eigenvalue weighted by molar-refractivity contribution is 5.74. The minimum absolute atomic E-state index is 0.0695. The van der Waals surface area contributed by atoms with Gasteiger partial charge in [0, 0.05) is 31.7 Å². The van der Waals surface area contributed by atoms with Gasteiger partial charge in [-0.25, -0.2) is 4.79 Å². The number of rotatable bonds is 6. The van der Waals surface area contributed by atoms with Crippen LogP contribution < -0.4 is 5.32 Å². The number of hydrogen-bond donors (Lipinski definition) is 1. The van der Waals surface area contributed by atoms with E-state index in [4.69, 9.17) is 4.52 Å². The standard InChI is InChI=1S/C16H28N4O2/c1-12-15(13(2)22-18-12)6-5-8-17-16(21)20-9-7-14(11-20)10-19(3)4/h14H,5-11H2,1-4H3,(H,17,21)/t14-/m0/s1. The van der Waals surface area contributed by atoms with Crippen LogP contribution in [0.5, 0.6) is 0 Å². The number of carbonyl (C=O) groups excluding carboxylic acids is 1. The fourth-order valence-electron chi connectivity index (χ4n) is 3.11. The van der Waals surface area contributed by atoms with E-state index in [9.17, 15) is 4.79 Å². The Bertz CT molecular complexity index is 479. The fraction of sp³-hybridized carbons (Fsp3) is 0.750. The van der Waals surface area contributed by atoms with Gasteiger partial charge in [0.1, 0.15) is 5.76 Å². The second kappa shape index (κ2) is 7.63. The molecule has 1 N–H and O–H groups in total. The Morgan fingerprint density at radius 1 is 1.45 bits per heavy atom. The lowest BCUT2D eigenvalue weighted by Crippen LogP contribution is -2.39. The highest BCUT2D eigenvalue weighted by Crippen LogP contribution is 2.17. The molecular weight excluding hydrogens is 280 g/mol. The van der Waals surface area contributed by atoms with Crippen molar-refractivity contribution in [3.05, 3.63) is 17.0 Å². The van der Waals surface area contributed by atoms with E-state index in [-0.39, 0.29) is 6.03 Å². The molecule has 1 fully saturated rings. The quantitative estimate of drug-likeness (QED) is 0.814. The number of aromatic nitrogens is 1. The van der Waals surface area contributed by atoms with E-state index in [0.717, 1.165) is 50.4 Å². The van der Waals surface area contributed by atoms with Crippen molar-refractivity contribution in [2.75, 3.05) is 40.3 Å². The molecule has 0 radical (unpaired) electrons. The average Bonchev–Trinajstić information content (AvgIpc) is 3.03. The molecule has 2 rings (SSSR count). The third kappa shape index (κ3) is 4.47. The fourth-order valence-corrected chi connectivity index (χ4v) is 3.11. The number of urea groups is 1. The molecule has 1 aliphatic rings. The summed E-state index contributed by atoms with van der Waals surface area (Å²) in [5.74, 6) is 1.48. The number of carbonyl (C=O) groups is 1. The van der Waals surface area contributed by atoms with Crippen LogP contribution in [0, 0.1) is 19.8 Å². The molecule has 124 valence electrons. The third-order valence-corrected chi connectivity index (χ3v) is 4.26. The van der Waals surface area contributed by atoms with E-state index in [1.807, 2.05) is 18.7 Å². The van der Waals surface area contributed by atoms with Gasteiger partial charge in [0.25, 0.3) is 0 Å². The molecule has 0 spiro atoms. The van der Waals surface area contributed by atoms with E-state index in [1.165, 1.54) is 5.56 Å². The molecule has 1 saturated heterocycles. The zero-order chi connectivity index (χ0) is 16.1.